The summed E-state index contributed by atoms with van der Waals surface area (Å²) < 4.78 is 0. The fourth-order valence-electron chi connectivity index (χ4n) is 3.94. The van der Waals surface area contributed by atoms with E-state index >= 15 is 0 Å². The molecule has 0 bridgehead atoms. The zero-order valence-corrected chi connectivity index (χ0v) is 16.9. The molecule has 1 aromatic carbocycles. The van der Waals surface area contributed by atoms with Gasteiger partial charge in [-0.1, -0.05) is 73.3 Å². The molecule has 0 amide bonds. The average molecular weight is 383 g/mol. The van der Waals surface area contributed by atoms with Crippen molar-refractivity contribution in [3.63, 3.8) is 0 Å². The molecule has 27 heavy (non-hydrogen) atoms. The number of ketones is 2. The monoisotopic (exact) mass is 382 g/mol. The Kier molecular flexibility index (Phi) is 6.49. The normalized spacial score (nSPS) is 24.8. The molecule has 0 atom stereocenters. The van der Waals surface area contributed by atoms with Crippen molar-refractivity contribution in [2.75, 3.05) is 0 Å². The highest BCUT2D eigenvalue weighted by Crippen LogP contribution is 2.35. The van der Waals surface area contributed by atoms with Crippen LogP contribution in [0, 0.1) is 12.8 Å². The molecular weight excluding hydrogens is 356 g/mol. The van der Waals surface area contributed by atoms with Crippen LogP contribution in [0.3, 0.4) is 0 Å². The molecule has 0 saturated heterocycles. The minimum absolute atomic E-state index is 0.0234. The Labute approximate surface area is 167 Å². The van der Waals surface area contributed by atoms with Gasteiger partial charge in [-0.15, -0.1) is 0 Å². The van der Waals surface area contributed by atoms with Gasteiger partial charge in [0.15, 0.2) is 5.78 Å². The number of allylic oxidation sites excluding steroid dienone is 6. The van der Waals surface area contributed by atoms with E-state index < -0.39 is 0 Å². The molecule has 0 radical (unpaired) electrons. The van der Waals surface area contributed by atoms with E-state index in [0.29, 0.717) is 11.1 Å². The van der Waals surface area contributed by atoms with Crippen molar-refractivity contribution in [3.8, 4) is 0 Å². The molecule has 3 heteroatoms. The summed E-state index contributed by atoms with van der Waals surface area (Å²) in [5, 5.41) is 0.0234. The summed E-state index contributed by atoms with van der Waals surface area (Å²) in [5.74, 6) is 1.41. The summed E-state index contributed by atoms with van der Waals surface area (Å²) >= 11 is 5.60. The predicted octanol–water partition coefficient (Wildman–Crippen LogP) is 6.20. The van der Waals surface area contributed by atoms with Crippen LogP contribution in [0.15, 0.2) is 58.7 Å². The molecule has 0 unspecified atom stereocenters. The highest BCUT2D eigenvalue weighted by molar-refractivity contribution is 6.49. The second kappa shape index (κ2) is 8.84. The first-order valence-electron chi connectivity index (χ1n) is 9.89. The van der Waals surface area contributed by atoms with Crippen LogP contribution in [-0.2, 0) is 9.59 Å². The smallest absolute Gasteiger partial charge is 0.204 e. The second-order valence-corrected chi connectivity index (χ2v) is 8.27. The molecule has 4 rings (SSSR count). The molecule has 1 fully saturated rings. The SMILES string of the molecule is Cc1ccc(C2CCC(C)CC2)cc1.O=C1C=C(Cl)C(=O)C2=CCCC=C12. The molecule has 1 saturated carbocycles. The fraction of sp³-hybridized carbons (Fsp3) is 0.417. The van der Waals surface area contributed by atoms with Gasteiger partial charge in [-0.2, -0.15) is 0 Å². The van der Waals surface area contributed by atoms with Crippen LogP contribution in [0.1, 0.15) is 62.5 Å². The van der Waals surface area contributed by atoms with Gasteiger partial charge in [-0.25, -0.2) is 0 Å². The van der Waals surface area contributed by atoms with Crippen LogP contribution in [0.4, 0.5) is 0 Å². The summed E-state index contributed by atoms with van der Waals surface area (Å²) in [6, 6.07) is 9.12. The largest absolute Gasteiger partial charge is 0.289 e. The maximum Gasteiger partial charge on any atom is 0.204 e. The Bertz CT molecular complexity index is 803. The average Bonchev–Trinajstić information content (AvgIpc) is 2.68. The number of halogens is 1. The molecule has 0 N–H and O–H groups in total. The van der Waals surface area contributed by atoms with Crippen molar-refractivity contribution in [1.29, 1.82) is 0 Å². The minimum atomic E-state index is -0.229. The molecule has 0 aromatic heterocycles. The molecule has 1 aromatic rings. The van der Waals surface area contributed by atoms with Crippen LogP contribution in [0.25, 0.3) is 0 Å². The Hall–Kier alpha value is -1.93. The predicted molar refractivity (Wildman–Crippen MR) is 111 cm³/mol. The molecule has 0 heterocycles. The molecular formula is C24H27ClO2. The van der Waals surface area contributed by atoms with Gasteiger partial charge in [-0.3, -0.25) is 9.59 Å². The van der Waals surface area contributed by atoms with Gasteiger partial charge in [0.1, 0.15) is 0 Å². The lowest BCUT2D eigenvalue weighted by Crippen LogP contribution is -2.19. The summed E-state index contributed by atoms with van der Waals surface area (Å²) in [5.41, 5.74) is 3.92. The van der Waals surface area contributed by atoms with Crippen LogP contribution >= 0.6 is 11.6 Å². The van der Waals surface area contributed by atoms with Crippen molar-refractivity contribution in [1.82, 2.24) is 0 Å². The van der Waals surface area contributed by atoms with E-state index in [4.69, 9.17) is 11.6 Å². The van der Waals surface area contributed by atoms with Gasteiger partial charge in [0.25, 0.3) is 0 Å². The van der Waals surface area contributed by atoms with E-state index in [2.05, 4.69) is 38.1 Å². The first-order chi connectivity index (χ1) is 13.0. The summed E-state index contributed by atoms with van der Waals surface area (Å²) in [6.45, 7) is 4.54. The van der Waals surface area contributed by atoms with Crippen LogP contribution < -0.4 is 0 Å². The Morgan fingerprint density at radius 1 is 0.889 bits per heavy atom. The Morgan fingerprint density at radius 3 is 2.11 bits per heavy atom. The third kappa shape index (κ3) is 4.87. The lowest BCUT2D eigenvalue weighted by molar-refractivity contribution is -0.115. The number of benzene rings is 1. The third-order valence-electron chi connectivity index (χ3n) is 5.70. The van der Waals surface area contributed by atoms with Gasteiger partial charge in [-0.05, 0) is 50.0 Å². The van der Waals surface area contributed by atoms with Crippen molar-refractivity contribution in [2.45, 2.75) is 58.3 Å². The molecule has 0 spiro atoms. The van der Waals surface area contributed by atoms with Gasteiger partial charge >= 0.3 is 0 Å². The van der Waals surface area contributed by atoms with Gasteiger partial charge in [0.2, 0.25) is 5.78 Å². The standard InChI is InChI=1S/C14H20.C10H7ClO2/c1-11-3-7-13(8-4-11)14-9-5-12(2)6-10-14;11-8-5-9(12)6-3-1-2-4-7(6)10(8)13/h3-4,7-8,12,14H,5-6,9-10H2,1-2H3;3-5H,1-2H2. The lowest BCUT2D eigenvalue weighted by Gasteiger charge is -2.26. The van der Waals surface area contributed by atoms with Gasteiger partial charge in [0.05, 0.1) is 5.03 Å². The zero-order chi connectivity index (χ0) is 19.4. The van der Waals surface area contributed by atoms with E-state index in [1.54, 1.807) is 17.7 Å². The molecule has 0 aliphatic heterocycles. The van der Waals surface area contributed by atoms with Crippen molar-refractivity contribution < 1.29 is 9.59 Å². The van der Waals surface area contributed by atoms with E-state index in [-0.39, 0.29) is 16.6 Å². The number of fused-ring (bicyclic) bond motifs is 1. The highest BCUT2D eigenvalue weighted by Gasteiger charge is 2.28. The van der Waals surface area contributed by atoms with Crippen molar-refractivity contribution in [2.24, 2.45) is 5.92 Å². The topological polar surface area (TPSA) is 34.1 Å². The van der Waals surface area contributed by atoms with Crippen molar-refractivity contribution >= 4 is 23.2 Å². The number of hydrogen-bond acceptors (Lipinski definition) is 2. The molecule has 3 aliphatic carbocycles. The van der Waals surface area contributed by atoms with E-state index in [1.165, 1.54) is 37.3 Å². The van der Waals surface area contributed by atoms with Gasteiger partial charge < -0.3 is 0 Å². The highest BCUT2D eigenvalue weighted by atomic mass is 35.5. The lowest BCUT2D eigenvalue weighted by atomic mass is 9.79. The number of carbonyl (C=O) groups is 2. The van der Waals surface area contributed by atoms with Crippen LogP contribution in [0.2, 0.25) is 0 Å². The first-order valence-corrected chi connectivity index (χ1v) is 10.3. The van der Waals surface area contributed by atoms with E-state index in [0.717, 1.165) is 24.7 Å². The minimum Gasteiger partial charge on any atom is -0.289 e. The number of carbonyl (C=O) groups excluding carboxylic acids is 2. The number of aryl methyl sites for hydroxylation is 1. The maximum absolute atomic E-state index is 11.4. The van der Waals surface area contributed by atoms with Crippen LogP contribution in [0.5, 0.6) is 0 Å². The van der Waals surface area contributed by atoms with Gasteiger partial charge in [0, 0.05) is 17.2 Å². The molecule has 142 valence electrons. The Balaban J connectivity index is 0.000000156. The van der Waals surface area contributed by atoms with E-state index in [9.17, 15) is 9.59 Å². The summed E-state index contributed by atoms with van der Waals surface area (Å²) in [7, 11) is 0. The third-order valence-corrected chi connectivity index (χ3v) is 5.98. The number of rotatable bonds is 1. The Morgan fingerprint density at radius 2 is 1.48 bits per heavy atom. The number of hydrogen-bond donors (Lipinski definition) is 0. The van der Waals surface area contributed by atoms with Crippen molar-refractivity contribution in [3.05, 3.63) is 69.8 Å². The fourth-order valence-corrected chi connectivity index (χ4v) is 4.14. The molecule has 3 aliphatic rings. The van der Waals surface area contributed by atoms with E-state index in [1.807, 2.05) is 0 Å². The number of Topliss-reactive ketones (excluding diaryl/α,β-unsaturated/α-hetero) is 1. The maximum atomic E-state index is 11.4. The van der Waals surface area contributed by atoms with Crippen LogP contribution in [-0.4, -0.2) is 11.6 Å². The summed E-state index contributed by atoms with van der Waals surface area (Å²) in [4.78, 5) is 22.8. The first kappa shape index (κ1) is 19.8. The summed E-state index contributed by atoms with van der Waals surface area (Å²) in [6.07, 6.45) is 12.0. The second-order valence-electron chi connectivity index (χ2n) is 7.87. The zero-order valence-electron chi connectivity index (χ0n) is 16.1. The quantitative estimate of drug-likeness (QED) is 0.579. The molecule has 2 nitrogen and oxygen atoms in total.